The minimum atomic E-state index is 0.158. The summed E-state index contributed by atoms with van der Waals surface area (Å²) in [7, 11) is 0. The van der Waals surface area contributed by atoms with E-state index < -0.39 is 0 Å². The largest absolute Gasteiger partial charge is 0.375 e. The Bertz CT molecular complexity index is 1260. The van der Waals surface area contributed by atoms with E-state index in [0.717, 1.165) is 148 Å². The molecule has 336 valence electrons. The highest BCUT2D eigenvalue weighted by Crippen LogP contribution is 2.41. The van der Waals surface area contributed by atoms with Crippen LogP contribution in [0.2, 0.25) is 0 Å². The summed E-state index contributed by atoms with van der Waals surface area (Å²) in [6.07, 6.45) is 39.4. The van der Waals surface area contributed by atoms with Crippen LogP contribution in [0.5, 0.6) is 0 Å². The van der Waals surface area contributed by atoms with Crippen molar-refractivity contribution >= 4 is 43.4 Å². The minimum Gasteiger partial charge on any atom is -0.375 e. The fraction of sp³-hybridized carbons (Fsp3) is 0.960. The summed E-state index contributed by atoms with van der Waals surface area (Å²) in [6, 6.07) is 0. The molecule has 0 amide bonds. The van der Waals surface area contributed by atoms with Gasteiger partial charge in [-0.25, -0.2) is 0 Å². The van der Waals surface area contributed by atoms with Crippen molar-refractivity contribution in [2.75, 3.05) is 0 Å². The van der Waals surface area contributed by atoms with Crippen LogP contribution in [0.4, 0.5) is 0 Å². The molecule has 3 unspecified atom stereocenters. The lowest BCUT2D eigenvalue weighted by Gasteiger charge is -2.38. The van der Waals surface area contributed by atoms with E-state index in [2.05, 4.69) is 31.9 Å². The molecule has 0 heterocycles. The van der Waals surface area contributed by atoms with E-state index >= 15 is 0 Å². The van der Waals surface area contributed by atoms with Gasteiger partial charge in [0.15, 0.2) is 0 Å². The normalized spacial score (nSPS) is 43.2. The van der Waals surface area contributed by atoms with E-state index in [1.54, 1.807) is 0 Å². The lowest BCUT2D eigenvalue weighted by molar-refractivity contribution is -0.133. The highest BCUT2D eigenvalue weighted by atomic mass is 79.9. The topological polar surface area (TPSA) is 80.3 Å². The number of hydrogen-bond donors (Lipinski definition) is 0. The smallest absolute Gasteiger partial charge is 0.140 e. The van der Waals surface area contributed by atoms with Crippen molar-refractivity contribution in [2.24, 2.45) is 23.7 Å². The van der Waals surface area contributed by atoms with Gasteiger partial charge in [-0.15, -0.1) is 0 Å². The SMILES string of the molecule is O=C(C1CCC(OC2CCC(OC3CCC(OC4CCC(OC5CCCCC5)CC4)CC3)CC2)CC1)C1CCC(OC2CCC(C(=O)C3CC(Br)CCC3Br)CC2)CC1. The number of halogens is 2. The summed E-state index contributed by atoms with van der Waals surface area (Å²) in [5, 5.41) is 0. The van der Waals surface area contributed by atoms with E-state index in [9.17, 15) is 9.59 Å². The molecule has 0 aromatic heterocycles. The zero-order chi connectivity index (χ0) is 40.6. The fourth-order valence-corrected chi connectivity index (χ4v) is 14.3. The summed E-state index contributed by atoms with van der Waals surface area (Å²) >= 11 is 7.58. The lowest BCUT2D eigenvalue weighted by Crippen LogP contribution is -2.38. The van der Waals surface area contributed by atoms with Crippen LogP contribution < -0.4 is 0 Å². The molecule has 9 heteroatoms. The number of carbonyl (C=O) groups excluding carboxylic acids is 2. The van der Waals surface area contributed by atoms with Crippen LogP contribution >= 0.6 is 31.9 Å². The van der Waals surface area contributed by atoms with E-state index in [-0.39, 0.29) is 35.9 Å². The number of Topliss-reactive ketones (excluding diaryl/α,β-unsaturated/α-hetero) is 2. The summed E-state index contributed by atoms with van der Waals surface area (Å²) in [6.45, 7) is 0. The maximum Gasteiger partial charge on any atom is 0.140 e. The molecule has 8 rings (SSSR count). The Morgan fingerprint density at radius 2 is 0.576 bits per heavy atom. The second-order valence-electron chi connectivity index (χ2n) is 20.9. The first-order valence-electron chi connectivity index (χ1n) is 25.4. The Hall–Kier alpha value is 0.100. The van der Waals surface area contributed by atoms with Gasteiger partial charge in [0.05, 0.1) is 61.0 Å². The molecule has 0 saturated heterocycles. The minimum absolute atomic E-state index is 0.158. The van der Waals surface area contributed by atoms with Gasteiger partial charge < -0.3 is 23.7 Å². The molecule has 0 bridgehead atoms. The van der Waals surface area contributed by atoms with Gasteiger partial charge in [0.25, 0.3) is 0 Å². The number of rotatable bonds is 14. The average molecular weight is 953 g/mol. The number of alkyl halides is 2. The second kappa shape index (κ2) is 22.8. The number of hydrogen-bond acceptors (Lipinski definition) is 7. The predicted octanol–water partition coefficient (Wildman–Crippen LogP) is 12.5. The second-order valence-corrected chi connectivity index (χ2v) is 23.4. The molecule has 8 aliphatic carbocycles. The summed E-state index contributed by atoms with van der Waals surface area (Å²) in [5.74, 6) is 1.81. The fourth-order valence-electron chi connectivity index (χ4n) is 12.9. The van der Waals surface area contributed by atoms with Crippen molar-refractivity contribution in [1.29, 1.82) is 0 Å². The Balaban J connectivity index is 0.642. The molecule has 0 aliphatic heterocycles. The van der Waals surface area contributed by atoms with E-state index in [1.807, 2.05) is 0 Å². The molecule has 0 spiro atoms. The first kappa shape index (κ1) is 45.7. The molecule has 3 atom stereocenters. The van der Waals surface area contributed by atoms with Crippen LogP contribution in [-0.4, -0.2) is 82.3 Å². The molecule has 0 aromatic rings. The molecule has 8 aliphatic rings. The van der Waals surface area contributed by atoms with Gasteiger partial charge in [-0.1, -0.05) is 51.1 Å². The van der Waals surface area contributed by atoms with Crippen LogP contribution in [0.1, 0.15) is 205 Å². The Morgan fingerprint density at radius 1 is 0.305 bits per heavy atom. The molecule has 8 fully saturated rings. The van der Waals surface area contributed by atoms with Gasteiger partial charge in [-0.05, 0) is 186 Å². The van der Waals surface area contributed by atoms with Crippen molar-refractivity contribution in [3.8, 4) is 0 Å². The van der Waals surface area contributed by atoms with Crippen molar-refractivity contribution in [3.05, 3.63) is 0 Å². The molecule has 8 saturated carbocycles. The third kappa shape index (κ3) is 13.3. The maximum atomic E-state index is 13.6. The Morgan fingerprint density at radius 3 is 0.898 bits per heavy atom. The molecule has 0 N–H and O–H groups in total. The first-order chi connectivity index (χ1) is 28.8. The van der Waals surface area contributed by atoms with Gasteiger partial charge in [0.1, 0.15) is 11.6 Å². The summed E-state index contributed by atoms with van der Waals surface area (Å²) < 4.78 is 33.1. The van der Waals surface area contributed by atoms with E-state index in [0.29, 0.717) is 70.1 Å². The van der Waals surface area contributed by atoms with Gasteiger partial charge in [-0.2, -0.15) is 0 Å². The maximum absolute atomic E-state index is 13.6. The average Bonchev–Trinajstić information content (AvgIpc) is 3.27. The van der Waals surface area contributed by atoms with Gasteiger partial charge in [0, 0.05) is 33.3 Å². The first-order valence-corrected chi connectivity index (χ1v) is 27.3. The van der Waals surface area contributed by atoms with Crippen molar-refractivity contribution < 1.29 is 33.3 Å². The van der Waals surface area contributed by atoms with Gasteiger partial charge in [-0.3, -0.25) is 9.59 Å². The van der Waals surface area contributed by atoms with Crippen molar-refractivity contribution in [3.63, 3.8) is 0 Å². The monoisotopic (exact) mass is 950 g/mol. The molecular weight excluding hydrogens is 872 g/mol. The highest BCUT2D eigenvalue weighted by Gasteiger charge is 2.40. The summed E-state index contributed by atoms with van der Waals surface area (Å²) in [5.41, 5.74) is 0. The zero-order valence-corrected chi connectivity index (χ0v) is 39.7. The van der Waals surface area contributed by atoms with Crippen LogP contribution in [-0.2, 0) is 33.3 Å². The molecule has 59 heavy (non-hydrogen) atoms. The highest BCUT2D eigenvalue weighted by molar-refractivity contribution is 9.10. The molecular formula is C50H80Br2O7. The number of ketones is 2. The number of carbonyl (C=O) groups is 2. The van der Waals surface area contributed by atoms with Crippen LogP contribution in [0, 0.1) is 23.7 Å². The van der Waals surface area contributed by atoms with Crippen molar-refractivity contribution in [1.82, 2.24) is 0 Å². The standard InChI is InChI=1S/C50H80Br2O7/c51-36-12-31-48(52)47(32-36)50(54)35-10-17-40(18-11-35)56-38-13-6-33(7-14-38)49(53)34-8-15-39(16-9-34)57-42-23-25-44(26-24-42)59-46-29-27-45(28-30-46)58-43-21-19-41(20-22-43)55-37-4-2-1-3-5-37/h33-48H,1-32H2. The van der Waals surface area contributed by atoms with E-state index in [4.69, 9.17) is 23.7 Å². The lowest BCUT2D eigenvalue weighted by atomic mass is 9.75. The number of ether oxygens (including phenoxy) is 5. The molecule has 0 radical (unpaired) electrons. The van der Waals surface area contributed by atoms with E-state index in [1.165, 1.54) is 57.8 Å². The van der Waals surface area contributed by atoms with Crippen LogP contribution in [0.15, 0.2) is 0 Å². The summed E-state index contributed by atoms with van der Waals surface area (Å²) in [4.78, 5) is 27.8. The molecule has 7 nitrogen and oxygen atoms in total. The Kier molecular flexibility index (Phi) is 17.7. The van der Waals surface area contributed by atoms with Gasteiger partial charge >= 0.3 is 0 Å². The Labute approximate surface area is 374 Å². The molecule has 0 aromatic carbocycles. The third-order valence-electron chi connectivity index (χ3n) is 16.6. The van der Waals surface area contributed by atoms with Crippen LogP contribution in [0.25, 0.3) is 0 Å². The quantitative estimate of drug-likeness (QED) is 0.160. The van der Waals surface area contributed by atoms with Gasteiger partial charge in [0.2, 0.25) is 0 Å². The zero-order valence-electron chi connectivity index (χ0n) is 36.5. The third-order valence-corrected chi connectivity index (χ3v) is 18.6. The predicted molar refractivity (Wildman–Crippen MR) is 240 cm³/mol. The van der Waals surface area contributed by atoms with Crippen molar-refractivity contribution in [2.45, 2.75) is 276 Å². The van der Waals surface area contributed by atoms with Crippen LogP contribution in [0.3, 0.4) is 0 Å².